The van der Waals surface area contributed by atoms with Gasteiger partial charge in [0.1, 0.15) is 0 Å². The maximum atomic E-state index is 12.5. The first-order valence-corrected chi connectivity index (χ1v) is 7.82. The molecule has 5 nitrogen and oxygen atoms in total. The van der Waals surface area contributed by atoms with Gasteiger partial charge in [0.25, 0.3) is 5.91 Å². The number of H-pyrrole nitrogens is 1. The summed E-state index contributed by atoms with van der Waals surface area (Å²) in [5.74, 6) is -0.0480. The Morgan fingerprint density at radius 1 is 1.33 bits per heavy atom. The lowest BCUT2D eigenvalue weighted by molar-refractivity contribution is 0.0758. The van der Waals surface area contributed by atoms with E-state index in [-0.39, 0.29) is 11.5 Å². The lowest BCUT2D eigenvalue weighted by Crippen LogP contribution is -2.34. The molecule has 5 heteroatoms. The third kappa shape index (κ3) is 4.43. The monoisotopic (exact) mass is 291 g/mol. The van der Waals surface area contributed by atoms with Gasteiger partial charge in [-0.2, -0.15) is 0 Å². The minimum atomic E-state index is -0.216. The molecule has 0 aromatic carbocycles. The van der Waals surface area contributed by atoms with E-state index < -0.39 is 0 Å². The average Bonchev–Trinajstić information content (AvgIpc) is 2.95. The van der Waals surface area contributed by atoms with Crippen LogP contribution in [-0.4, -0.2) is 53.4 Å². The number of likely N-dealkylation sites (tertiary alicyclic amines) is 1. The first-order valence-electron chi connectivity index (χ1n) is 7.82. The summed E-state index contributed by atoms with van der Waals surface area (Å²) >= 11 is 0. The highest BCUT2D eigenvalue weighted by Gasteiger charge is 2.16. The molecule has 1 aromatic rings. The third-order valence-corrected chi connectivity index (χ3v) is 4.00. The van der Waals surface area contributed by atoms with Gasteiger partial charge in [0.2, 0.25) is 5.56 Å². The van der Waals surface area contributed by atoms with E-state index in [4.69, 9.17) is 0 Å². The van der Waals surface area contributed by atoms with Crippen LogP contribution in [0.15, 0.2) is 16.9 Å². The number of carbonyl (C=O) groups excluding carboxylic acids is 1. The molecule has 1 saturated heterocycles. The summed E-state index contributed by atoms with van der Waals surface area (Å²) in [6.45, 7) is 8.62. The highest BCUT2D eigenvalue weighted by molar-refractivity contribution is 5.94. The van der Waals surface area contributed by atoms with Crippen LogP contribution >= 0.6 is 0 Å². The van der Waals surface area contributed by atoms with Gasteiger partial charge in [-0.25, -0.2) is 0 Å². The van der Waals surface area contributed by atoms with Crippen LogP contribution in [-0.2, 0) is 0 Å². The molecule has 1 N–H and O–H groups in total. The summed E-state index contributed by atoms with van der Waals surface area (Å²) in [6.07, 6.45) is 3.58. The standard InChI is InChI=1S/C16H25N3O2/c1-3-19(10-6-9-18-7-4-5-8-18)16(21)14-11-13(2)17-15(20)12-14/h11-12H,3-10H2,1-2H3,(H,17,20). The van der Waals surface area contributed by atoms with Gasteiger partial charge in [-0.1, -0.05) is 0 Å². The van der Waals surface area contributed by atoms with Gasteiger partial charge in [0, 0.05) is 30.4 Å². The van der Waals surface area contributed by atoms with Crippen molar-refractivity contribution in [2.24, 2.45) is 0 Å². The number of nitrogens with zero attached hydrogens (tertiary/aromatic N) is 2. The number of aromatic nitrogens is 1. The summed E-state index contributed by atoms with van der Waals surface area (Å²) in [5, 5.41) is 0. The summed E-state index contributed by atoms with van der Waals surface area (Å²) < 4.78 is 0. The number of amides is 1. The van der Waals surface area contributed by atoms with Crippen LogP contribution in [0.25, 0.3) is 0 Å². The highest BCUT2D eigenvalue weighted by Crippen LogP contribution is 2.09. The van der Waals surface area contributed by atoms with Crippen LogP contribution in [0.5, 0.6) is 0 Å². The zero-order chi connectivity index (χ0) is 15.2. The predicted octanol–water partition coefficient (Wildman–Crippen LogP) is 1.63. The molecule has 0 atom stereocenters. The summed E-state index contributed by atoms with van der Waals surface area (Å²) in [7, 11) is 0. The average molecular weight is 291 g/mol. The van der Waals surface area contributed by atoms with Crippen LogP contribution < -0.4 is 5.56 Å². The molecule has 1 aromatic heterocycles. The normalized spacial score (nSPS) is 15.3. The molecular weight excluding hydrogens is 266 g/mol. The van der Waals surface area contributed by atoms with Crippen molar-refractivity contribution in [2.75, 3.05) is 32.7 Å². The van der Waals surface area contributed by atoms with Crippen molar-refractivity contribution >= 4 is 5.91 Å². The van der Waals surface area contributed by atoms with E-state index in [9.17, 15) is 9.59 Å². The van der Waals surface area contributed by atoms with Crippen molar-refractivity contribution in [1.29, 1.82) is 0 Å². The molecule has 1 aliphatic rings. The Bertz CT molecular complexity index is 533. The largest absolute Gasteiger partial charge is 0.339 e. The maximum Gasteiger partial charge on any atom is 0.254 e. The molecule has 21 heavy (non-hydrogen) atoms. The maximum absolute atomic E-state index is 12.5. The summed E-state index contributed by atoms with van der Waals surface area (Å²) in [4.78, 5) is 30.9. The Kier molecular flexibility index (Phi) is 5.56. The van der Waals surface area contributed by atoms with Crippen LogP contribution in [0, 0.1) is 6.92 Å². The molecule has 1 aliphatic heterocycles. The minimum absolute atomic E-state index is 0.0480. The first-order chi connectivity index (χ1) is 10.1. The van der Waals surface area contributed by atoms with Crippen LogP contribution in [0.4, 0.5) is 0 Å². The molecule has 0 bridgehead atoms. The number of pyridine rings is 1. The molecule has 2 heterocycles. The lowest BCUT2D eigenvalue weighted by atomic mass is 10.2. The molecule has 0 radical (unpaired) electrons. The van der Waals surface area contributed by atoms with Gasteiger partial charge < -0.3 is 14.8 Å². The minimum Gasteiger partial charge on any atom is -0.339 e. The Morgan fingerprint density at radius 3 is 2.67 bits per heavy atom. The fourth-order valence-corrected chi connectivity index (χ4v) is 2.88. The van der Waals surface area contributed by atoms with E-state index in [1.54, 1.807) is 13.0 Å². The van der Waals surface area contributed by atoms with Crippen molar-refractivity contribution in [3.63, 3.8) is 0 Å². The SMILES string of the molecule is CCN(CCCN1CCCC1)C(=O)c1cc(C)[nH]c(=O)c1. The van der Waals surface area contributed by atoms with E-state index in [1.165, 1.54) is 32.0 Å². The Balaban J connectivity index is 1.92. The van der Waals surface area contributed by atoms with E-state index in [0.29, 0.717) is 12.1 Å². The topological polar surface area (TPSA) is 56.4 Å². The number of nitrogens with one attached hydrogen (secondary N) is 1. The molecule has 0 spiro atoms. The van der Waals surface area contributed by atoms with Crippen molar-refractivity contribution in [1.82, 2.24) is 14.8 Å². The van der Waals surface area contributed by atoms with Gasteiger partial charge in [0.05, 0.1) is 0 Å². The highest BCUT2D eigenvalue weighted by atomic mass is 16.2. The van der Waals surface area contributed by atoms with Gasteiger partial charge in [-0.15, -0.1) is 0 Å². The number of hydrogen-bond donors (Lipinski definition) is 1. The molecule has 2 rings (SSSR count). The van der Waals surface area contributed by atoms with Gasteiger partial charge in [0.15, 0.2) is 0 Å². The van der Waals surface area contributed by atoms with Crippen molar-refractivity contribution in [2.45, 2.75) is 33.1 Å². The molecule has 0 aliphatic carbocycles. The fraction of sp³-hybridized carbons (Fsp3) is 0.625. The van der Waals surface area contributed by atoms with Gasteiger partial charge in [-0.3, -0.25) is 9.59 Å². The smallest absolute Gasteiger partial charge is 0.254 e. The van der Waals surface area contributed by atoms with Crippen molar-refractivity contribution in [3.8, 4) is 0 Å². The van der Waals surface area contributed by atoms with Crippen LogP contribution in [0.1, 0.15) is 42.2 Å². The van der Waals surface area contributed by atoms with Crippen LogP contribution in [0.3, 0.4) is 0 Å². The Labute approximate surface area is 126 Å². The molecule has 116 valence electrons. The fourth-order valence-electron chi connectivity index (χ4n) is 2.88. The lowest BCUT2D eigenvalue weighted by Gasteiger charge is -2.22. The van der Waals surface area contributed by atoms with Crippen molar-refractivity contribution in [3.05, 3.63) is 33.7 Å². The van der Waals surface area contributed by atoms with Crippen molar-refractivity contribution < 1.29 is 4.79 Å². The third-order valence-electron chi connectivity index (χ3n) is 4.00. The predicted molar refractivity (Wildman–Crippen MR) is 83.7 cm³/mol. The van der Waals surface area contributed by atoms with Crippen LogP contribution in [0.2, 0.25) is 0 Å². The number of hydrogen-bond acceptors (Lipinski definition) is 3. The zero-order valence-corrected chi connectivity index (χ0v) is 13.0. The second-order valence-electron chi connectivity index (χ2n) is 5.70. The van der Waals surface area contributed by atoms with E-state index in [1.807, 2.05) is 11.8 Å². The molecule has 1 amide bonds. The van der Waals surface area contributed by atoms with E-state index in [2.05, 4.69) is 9.88 Å². The van der Waals surface area contributed by atoms with Gasteiger partial charge in [-0.05, 0) is 58.8 Å². The van der Waals surface area contributed by atoms with Gasteiger partial charge >= 0.3 is 0 Å². The second kappa shape index (κ2) is 7.41. The van der Waals surface area contributed by atoms with E-state index in [0.717, 1.165) is 25.2 Å². The number of aromatic amines is 1. The summed E-state index contributed by atoms with van der Waals surface area (Å²) in [5.41, 5.74) is 0.990. The Morgan fingerprint density at radius 2 is 2.05 bits per heavy atom. The molecule has 0 saturated carbocycles. The summed E-state index contributed by atoms with van der Waals surface area (Å²) in [6, 6.07) is 3.13. The number of rotatable bonds is 6. The molecule has 0 unspecified atom stereocenters. The zero-order valence-electron chi connectivity index (χ0n) is 13.0. The Hall–Kier alpha value is -1.62. The first kappa shape index (κ1) is 15.8. The molecule has 1 fully saturated rings. The van der Waals surface area contributed by atoms with E-state index >= 15 is 0 Å². The molecular formula is C16H25N3O2. The number of carbonyl (C=O) groups is 1. The quantitative estimate of drug-likeness (QED) is 0.866. The number of aryl methyl sites for hydroxylation is 1. The second-order valence-corrected chi connectivity index (χ2v) is 5.70.